The first-order chi connectivity index (χ1) is 14.7. The summed E-state index contributed by atoms with van der Waals surface area (Å²) in [6, 6.07) is 0. The van der Waals surface area contributed by atoms with E-state index in [4.69, 9.17) is 11.4 Å². The van der Waals surface area contributed by atoms with Crippen LogP contribution in [0.15, 0.2) is 46.8 Å². The SMILES string of the molecule is CC(C)(C)[N-][Si](C)(C)C1=C2C=CC=CC2C(N2CCCC2)=C1.[C-]#CC#CC.[CH2-]C.[Cl][Ti+3]. The second-order valence-corrected chi connectivity index (χ2v) is 12.6. The van der Waals surface area contributed by atoms with Gasteiger partial charge in [-0.3, -0.25) is 11.8 Å². The molecule has 1 aliphatic heterocycles. The summed E-state index contributed by atoms with van der Waals surface area (Å²) >= 11 is 1.47. The number of hydrogen-bond donors (Lipinski definition) is 0. The maximum atomic E-state index is 6.18. The molecule has 1 heterocycles. The summed E-state index contributed by atoms with van der Waals surface area (Å²) < 4.78 is 0. The Morgan fingerprint density at radius 3 is 2.23 bits per heavy atom. The van der Waals surface area contributed by atoms with Crippen LogP contribution in [0.25, 0.3) is 4.98 Å². The number of fused-ring (bicyclic) bond motifs is 1. The molecule has 1 fully saturated rings. The summed E-state index contributed by atoms with van der Waals surface area (Å²) in [5, 5.41) is 1.54. The van der Waals surface area contributed by atoms with Crippen molar-refractivity contribution in [2.45, 2.75) is 66.1 Å². The molecule has 3 aliphatic rings. The zero-order chi connectivity index (χ0) is 24.1. The molecule has 166 valence electrons. The van der Waals surface area contributed by atoms with Crippen molar-refractivity contribution in [2.24, 2.45) is 5.92 Å². The van der Waals surface area contributed by atoms with E-state index in [-0.39, 0.29) is 5.54 Å². The predicted octanol–water partition coefficient (Wildman–Crippen LogP) is 7.06. The van der Waals surface area contributed by atoms with Crippen LogP contribution in [0, 0.1) is 37.0 Å². The Balaban J connectivity index is 0.000000867. The van der Waals surface area contributed by atoms with Crippen molar-refractivity contribution in [3.05, 3.63) is 65.2 Å². The molecular weight excluding hydrogens is 452 g/mol. The van der Waals surface area contributed by atoms with Gasteiger partial charge in [-0.1, -0.05) is 63.4 Å². The quantitative estimate of drug-likeness (QED) is 0.236. The van der Waals surface area contributed by atoms with Crippen molar-refractivity contribution in [3.63, 3.8) is 0 Å². The van der Waals surface area contributed by atoms with Crippen LogP contribution in [0.3, 0.4) is 0 Å². The first-order valence-electron chi connectivity index (χ1n) is 10.7. The van der Waals surface area contributed by atoms with E-state index in [1.807, 2.05) is 5.92 Å². The van der Waals surface area contributed by atoms with E-state index in [1.165, 1.54) is 61.8 Å². The number of halogens is 1. The fraction of sp³-hybridized carbons (Fsp3) is 0.500. The summed E-state index contributed by atoms with van der Waals surface area (Å²) in [5.41, 5.74) is 3.07. The maximum absolute atomic E-state index is 6.18. The Bertz CT molecular complexity index is 777. The van der Waals surface area contributed by atoms with E-state index >= 15 is 0 Å². The third-order valence-electron chi connectivity index (χ3n) is 4.88. The molecule has 0 aromatic carbocycles. The molecular formula is C26H37ClN2SiTi. The molecule has 0 spiro atoms. The van der Waals surface area contributed by atoms with E-state index in [9.17, 15) is 0 Å². The molecule has 1 atom stereocenters. The molecule has 1 unspecified atom stereocenters. The Morgan fingerprint density at radius 2 is 1.77 bits per heavy atom. The van der Waals surface area contributed by atoms with Crippen molar-refractivity contribution in [2.75, 3.05) is 13.1 Å². The molecule has 2 aliphatic carbocycles. The molecule has 5 heteroatoms. The minimum absolute atomic E-state index is 0.0389. The normalized spacial score (nSPS) is 18.7. The minimum atomic E-state index is -1.79. The van der Waals surface area contributed by atoms with Gasteiger partial charge in [0.2, 0.25) is 0 Å². The van der Waals surface area contributed by atoms with Gasteiger partial charge in [-0.05, 0) is 39.6 Å². The third kappa shape index (κ3) is 9.61. The summed E-state index contributed by atoms with van der Waals surface area (Å²) in [5.74, 6) is 7.13. The van der Waals surface area contributed by atoms with Crippen LogP contribution < -0.4 is 0 Å². The van der Waals surface area contributed by atoms with Crippen molar-refractivity contribution >= 4 is 17.5 Å². The number of likely N-dealkylation sites (tertiary alicyclic amines) is 1. The molecule has 2 nitrogen and oxygen atoms in total. The van der Waals surface area contributed by atoms with Crippen LogP contribution in [0.4, 0.5) is 0 Å². The van der Waals surface area contributed by atoms with E-state index in [0.717, 1.165) is 0 Å². The van der Waals surface area contributed by atoms with Crippen LogP contribution in [-0.2, 0) is 19.4 Å². The average molecular weight is 489 g/mol. The topological polar surface area (TPSA) is 17.3 Å². The summed E-state index contributed by atoms with van der Waals surface area (Å²) in [4.78, 5) is 7.84. The standard InChI is InChI=1S/C19H29N2Si.C5H3.C2H5.ClH.Ti/c1-19(2,3)20-22(4,5)18-14-17(21-12-8-9-13-21)15-10-6-7-11-16(15)18;1-3-5-4-2;1-2;;/h6-7,10-11,14-15H,8-9,12-13H2,1-5H3;1H3;1H2,2H3;1H;/q3*-1;;+4/p-1. The van der Waals surface area contributed by atoms with Crippen LogP contribution in [0.2, 0.25) is 13.1 Å². The molecule has 0 saturated carbocycles. The summed E-state index contributed by atoms with van der Waals surface area (Å²) in [6.45, 7) is 20.6. The van der Waals surface area contributed by atoms with Gasteiger partial charge in [0.25, 0.3) is 0 Å². The third-order valence-corrected chi connectivity index (χ3v) is 7.86. The first-order valence-corrected chi connectivity index (χ1v) is 15.8. The number of allylic oxidation sites excluding steroid dienone is 6. The Hall–Kier alpha value is -0.939. The van der Waals surface area contributed by atoms with E-state index in [1.54, 1.807) is 13.8 Å². The second-order valence-electron chi connectivity index (χ2n) is 8.70. The van der Waals surface area contributed by atoms with Crippen molar-refractivity contribution in [3.8, 4) is 17.8 Å². The van der Waals surface area contributed by atoms with Gasteiger partial charge in [0, 0.05) is 24.7 Å². The van der Waals surface area contributed by atoms with E-state index in [2.05, 4.69) is 97.2 Å². The molecule has 3 rings (SSSR count). The van der Waals surface area contributed by atoms with Gasteiger partial charge < -0.3 is 23.2 Å². The monoisotopic (exact) mass is 488 g/mol. The molecule has 0 amide bonds. The summed E-state index contributed by atoms with van der Waals surface area (Å²) in [7, 11) is 2.85. The molecule has 0 N–H and O–H groups in total. The van der Waals surface area contributed by atoms with Gasteiger partial charge in [-0.2, -0.15) is 6.92 Å². The first kappa shape index (κ1) is 30.1. The van der Waals surface area contributed by atoms with Gasteiger partial charge in [0.05, 0.1) is 0 Å². The van der Waals surface area contributed by atoms with Crippen LogP contribution in [0.1, 0.15) is 47.5 Å². The van der Waals surface area contributed by atoms with Crippen molar-refractivity contribution < 1.29 is 19.4 Å². The second kappa shape index (κ2) is 15.0. The number of hydrogen-bond acceptors (Lipinski definition) is 1. The fourth-order valence-electron chi connectivity index (χ4n) is 4.13. The van der Waals surface area contributed by atoms with Crippen molar-refractivity contribution in [1.29, 1.82) is 0 Å². The average Bonchev–Trinajstić information content (AvgIpc) is 3.38. The molecule has 31 heavy (non-hydrogen) atoms. The van der Waals surface area contributed by atoms with Gasteiger partial charge in [0.1, 0.15) is 0 Å². The van der Waals surface area contributed by atoms with E-state index in [0.29, 0.717) is 5.92 Å². The molecule has 0 aromatic rings. The van der Waals surface area contributed by atoms with Crippen LogP contribution in [0.5, 0.6) is 0 Å². The molecule has 0 aromatic heterocycles. The molecule has 0 radical (unpaired) electrons. The Morgan fingerprint density at radius 1 is 1.19 bits per heavy atom. The number of nitrogens with zero attached hydrogens (tertiary/aromatic N) is 2. The van der Waals surface area contributed by atoms with Gasteiger partial charge in [-0.25, -0.2) is 5.92 Å². The van der Waals surface area contributed by atoms with E-state index < -0.39 is 8.24 Å². The summed E-state index contributed by atoms with van der Waals surface area (Å²) in [6.07, 6.45) is 20.4. The predicted molar refractivity (Wildman–Crippen MR) is 136 cm³/mol. The zero-order valence-corrected chi connectivity index (χ0v) is 23.6. The van der Waals surface area contributed by atoms with Crippen LogP contribution in [-0.4, -0.2) is 31.8 Å². The van der Waals surface area contributed by atoms with Crippen LogP contribution >= 0.6 is 9.30 Å². The molecule has 1 saturated heterocycles. The molecule has 0 bridgehead atoms. The zero-order valence-electron chi connectivity index (χ0n) is 20.3. The Kier molecular flexibility index (Phi) is 14.5. The van der Waals surface area contributed by atoms with Crippen molar-refractivity contribution in [1.82, 2.24) is 4.90 Å². The van der Waals surface area contributed by atoms with Gasteiger partial charge in [-0.15, -0.1) is 5.54 Å². The number of rotatable bonds is 3. The van der Waals surface area contributed by atoms with Gasteiger partial charge in [0.15, 0.2) is 0 Å². The Labute approximate surface area is 209 Å². The fourth-order valence-corrected chi connectivity index (χ4v) is 7.38. The van der Waals surface area contributed by atoms with Gasteiger partial charge >= 0.3 is 28.7 Å².